The standard InChI is InChI=1S/C24H22N2O5/c1-30-21-9-5-4-8-20(21)26-14-18(13-23(26)28)24(29)31-15-22(27)25-19-11-10-16-6-2-3-7-17(16)12-19/h2-12,18H,13-15H2,1H3,(H,25,27)/t18-/m1/s1. The first kappa shape index (κ1) is 20.4. The Morgan fingerprint density at radius 2 is 1.77 bits per heavy atom. The van der Waals surface area contributed by atoms with Gasteiger partial charge in [-0.3, -0.25) is 14.4 Å². The molecule has 0 unspecified atom stereocenters. The molecule has 0 aliphatic carbocycles. The van der Waals surface area contributed by atoms with Crippen molar-refractivity contribution in [3.63, 3.8) is 0 Å². The van der Waals surface area contributed by atoms with E-state index in [0.717, 1.165) is 10.8 Å². The average Bonchev–Trinajstić information content (AvgIpc) is 3.18. The third-order valence-electron chi connectivity index (χ3n) is 5.21. The molecule has 1 aliphatic rings. The fraction of sp³-hybridized carbons (Fsp3) is 0.208. The number of ether oxygens (including phenoxy) is 2. The van der Waals surface area contributed by atoms with Gasteiger partial charge in [0.05, 0.1) is 18.7 Å². The number of benzene rings is 3. The Bertz CT molecular complexity index is 1140. The lowest BCUT2D eigenvalue weighted by atomic mass is 10.1. The van der Waals surface area contributed by atoms with E-state index in [2.05, 4.69) is 5.32 Å². The predicted octanol–water partition coefficient (Wildman–Crippen LogP) is 3.38. The third-order valence-corrected chi connectivity index (χ3v) is 5.21. The summed E-state index contributed by atoms with van der Waals surface area (Å²) in [6, 6.07) is 20.5. The molecular weight excluding hydrogens is 396 g/mol. The normalized spacial score (nSPS) is 15.7. The molecule has 3 aromatic rings. The molecule has 1 heterocycles. The summed E-state index contributed by atoms with van der Waals surface area (Å²) in [5.41, 5.74) is 1.23. The lowest BCUT2D eigenvalue weighted by molar-refractivity contribution is -0.151. The smallest absolute Gasteiger partial charge is 0.311 e. The van der Waals surface area contributed by atoms with E-state index in [1.54, 1.807) is 24.3 Å². The molecule has 1 N–H and O–H groups in total. The van der Waals surface area contributed by atoms with E-state index < -0.39 is 24.4 Å². The minimum absolute atomic E-state index is 0.0309. The molecule has 0 saturated carbocycles. The summed E-state index contributed by atoms with van der Waals surface area (Å²) in [6.45, 7) is -0.227. The van der Waals surface area contributed by atoms with Gasteiger partial charge >= 0.3 is 5.97 Å². The maximum Gasteiger partial charge on any atom is 0.311 e. The summed E-state index contributed by atoms with van der Waals surface area (Å²) in [6.07, 6.45) is 0.0309. The Morgan fingerprint density at radius 1 is 1.03 bits per heavy atom. The number of carbonyl (C=O) groups is 3. The number of rotatable bonds is 6. The van der Waals surface area contributed by atoms with Crippen LogP contribution in [0.15, 0.2) is 66.7 Å². The van der Waals surface area contributed by atoms with Crippen molar-refractivity contribution in [2.45, 2.75) is 6.42 Å². The SMILES string of the molecule is COc1ccccc1N1C[C@H](C(=O)OCC(=O)Nc2ccc3ccccc3c2)CC1=O. The second kappa shape index (κ2) is 8.87. The number of nitrogens with zero attached hydrogens (tertiary/aromatic N) is 1. The van der Waals surface area contributed by atoms with Crippen molar-refractivity contribution in [1.29, 1.82) is 0 Å². The van der Waals surface area contributed by atoms with Crippen molar-refractivity contribution in [2.24, 2.45) is 5.92 Å². The van der Waals surface area contributed by atoms with Crippen LogP contribution < -0.4 is 15.0 Å². The number of anilines is 2. The maximum absolute atomic E-state index is 12.4. The van der Waals surface area contributed by atoms with Gasteiger partial charge in [-0.15, -0.1) is 0 Å². The minimum Gasteiger partial charge on any atom is -0.495 e. The van der Waals surface area contributed by atoms with E-state index in [1.165, 1.54) is 12.0 Å². The molecule has 1 atom stereocenters. The highest BCUT2D eigenvalue weighted by molar-refractivity contribution is 6.01. The van der Waals surface area contributed by atoms with Crippen LogP contribution in [0.25, 0.3) is 10.8 Å². The van der Waals surface area contributed by atoms with Gasteiger partial charge in [0.15, 0.2) is 6.61 Å². The van der Waals surface area contributed by atoms with Gasteiger partial charge in [-0.05, 0) is 35.0 Å². The van der Waals surface area contributed by atoms with E-state index in [-0.39, 0.29) is 18.9 Å². The van der Waals surface area contributed by atoms with E-state index >= 15 is 0 Å². The molecule has 31 heavy (non-hydrogen) atoms. The zero-order chi connectivity index (χ0) is 21.8. The first-order valence-corrected chi connectivity index (χ1v) is 9.94. The van der Waals surface area contributed by atoms with Crippen LogP contribution in [0.1, 0.15) is 6.42 Å². The van der Waals surface area contributed by atoms with Crippen LogP contribution in [0, 0.1) is 5.92 Å². The number of para-hydroxylation sites is 2. The van der Waals surface area contributed by atoms with Crippen LogP contribution in [-0.4, -0.2) is 38.0 Å². The van der Waals surface area contributed by atoms with Gasteiger partial charge in [0.2, 0.25) is 5.91 Å². The van der Waals surface area contributed by atoms with Crippen molar-refractivity contribution in [2.75, 3.05) is 30.5 Å². The molecule has 0 radical (unpaired) electrons. The number of esters is 1. The summed E-state index contributed by atoms with van der Waals surface area (Å²) < 4.78 is 10.5. The second-order valence-electron chi connectivity index (χ2n) is 7.30. The maximum atomic E-state index is 12.4. The number of carbonyl (C=O) groups excluding carboxylic acids is 3. The molecule has 2 amide bonds. The first-order chi connectivity index (χ1) is 15.0. The Hall–Kier alpha value is -3.87. The molecular formula is C24H22N2O5. The van der Waals surface area contributed by atoms with Crippen LogP contribution in [0.4, 0.5) is 11.4 Å². The molecule has 7 nitrogen and oxygen atoms in total. The zero-order valence-electron chi connectivity index (χ0n) is 17.0. The average molecular weight is 418 g/mol. The number of amides is 2. The Balaban J connectivity index is 1.33. The molecule has 4 rings (SSSR count). The summed E-state index contributed by atoms with van der Waals surface area (Å²) in [5.74, 6) is -1.27. The van der Waals surface area contributed by atoms with Gasteiger partial charge in [0, 0.05) is 18.7 Å². The summed E-state index contributed by atoms with van der Waals surface area (Å²) in [5, 5.41) is 4.79. The third kappa shape index (κ3) is 4.50. The van der Waals surface area contributed by atoms with Crippen LogP contribution in [0.3, 0.4) is 0 Å². The van der Waals surface area contributed by atoms with Crippen LogP contribution in [-0.2, 0) is 19.1 Å². The fourth-order valence-electron chi connectivity index (χ4n) is 3.67. The number of hydrogen-bond acceptors (Lipinski definition) is 5. The highest BCUT2D eigenvalue weighted by Crippen LogP contribution is 2.33. The summed E-state index contributed by atoms with van der Waals surface area (Å²) in [4.78, 5) is 38.6. The number of hydrogen-bond donors (Lipinski definition) is 1. The zero-order valence-corrected chi connectivity index (χ0v) is 17.0. The van der Waals surface area contributed by atoms with Gasteiger partial charge < -0.3 is 19.7 Å². The molecule has 3 aromatic carbocycles. The molecule has 7 heteroatoms. The van der Waals surface area contributed by atoms with E-state index in [9.17, 15) is 14.4 Å². The number of methoxy groups -OCH3 is 1. The largest absolute Gasteiger partial charge is 0.495 e. The van der Waals surface area contributed by atoms with Gasteiger partial charge in [-0.25, -0.2) is 0 Å². The predicted molar refractivity (Wildman–Crippen MR) is 117 cm³/mol. The molecule has 0 aromatic heterocycles. The van der Waals surface area contributed by atoms with Crippen LogP contribution in [0.5, 0.6) is 5.75 Å². The topological polar surface area (TPSA) is 84.9 Å². The Kier molecular flexibility index (Phi) is 5.84. The highest BCUT2D eigenvalue weighted by Gasteiger charge is 2.37. The number of nitrogens with one attached hydrogen (secondary N) is 1. The van der Waals surface area contributed by atoms with Gasteiger partial charge in [0.1, 0.15) is 5.75 Å². The number of fused-ring (bicyclic) bond motifs is 1. The fourth-order valence-corrected chi connectivity index (χ4v) is 3.67. The van der Waals surface area contributed by atoms with Crippen molar-refractivity contribution in [3.8, 4) is 5.75 Å². The van der Waals surface area contributed by atoms with E-state index in [1.807, 2.05) is 42.5 Å². The van der Waals surface area contributed by atoms with Gasteiger partial charge in [-0.1, -0.05) is 42.5 Å². The second-order valence-corrected chi connectivity index (χ2v) is 7.30. The van der Waals surface area contributed by atoms with Crippen molar-refractivity contribution < 1.29 is 23.9 Å². The minimum atomic E-state index is -0.633. The summed E-state index contributed by atoms with van der Waals surface area (Å²) >= 11 is 0. The van der Waals surface area contributed by atoms with E-state index in [0.29, 0.717) is 17.1 Å². The highest BCUT2D eigenvalue weighted by atomic mass is 16.5. The molecule has 1 fully saturated rings. The quantitative estimate of drug-likeness (QED) is 0.621. The Labute approximate surface area is 179 Å². The first-order valence-electron chi connectivity index (χ1n) is 9.94. The van der Waals surface area contributed by atoms with Crippen molar-refractivity contribution in [3.05, 3.63) is 66.7 Å². The van der Waals surface area contributed by atoms with Crippen LogP contribution in [0.2, 0.25) is 0 Å². The van der Waals surface area contributed by atoms with Gasteiger partial charge in [0.25, 0.3) is 5.91 Å². The molecule has 0 bridgehead atoms. The lowest BCUT2D eigenvalue weighted by Crippen LogP contribution is -2.28. The van der Waals surface area contributed by atoms with Gasteiger partial charge in [-0.2, -0.15) is 0 Å². The summed E-state index contributed by atoms with van der Waals surface area (Å²) in [7, 11) is 1.53. The monoisotopic (exact) mass is 418 g/mol. The van der Waals surface area contributed by atoms with Crippen molar-refractivity contribution >= 4 is 39.9 Å². The molecule has 0 spiro atoms. The van der Waals surface area contributed by atoms with Crippen LogP contribution >= 0.6 is 0 Å². The van der Waals surface area contributed by atoms with E-state index in [4.69, 9.17) is 9.47 Å². The lowest BCUT2D eigenvalue weighted by Gasteiger charge is -2.19. The molecule has 1 aliphatic heterocycles. The Morgan fingerprint density at radius 3 is 2.58 bits per heavy atom. The molecule has 1 saturated heterocycles. The molecule has 158 valence electrons. The van der Waals surface area contributed by atoms with Crippen molar-refractivity contribution in [1.82, 2.24) is 0 Å².